The van der Waals surface area contributed by atoms with Gasteiger partial charge in [0.2, 0.25) is 12.3 Å². The van der Waals surface area contributed by atoms with Crippen LogP contribution in [0.3, 0.4) is 0 Å². The lowest BCUT2D eigenvalue weighted by Gasteiger charge is -2.39. The van der Waals surface area contributed by atoms with Gasteiger partial charge in [0.25, 0.3) is 5.91 Å². The van der Waals surface area contributed by atoms with Crippen molar-refractivity contribution in [2.75, 3.05) is 30.8 Å². The van der Waals surface area contributed by atoms with Crippen LogP contribution in [0.15, 0.2) is 42.5 Å². The minimum absolute atomic E-state index is 0.0626. The number of carbonyl (C=O) groups is 3. The molecule has 0 spiro atoms. The second kappa shape index (κ2) is 9.77. The summed E-state index contributed by atoms with van der Waals surface area (Å²) in [6, 6.07) is 10.5. The van der Waals surface area contributed by atoms with Crippen LogP contribution in [0.1, 0.15) is 28.4 Å². The van der Waals surface area contributed by atoms with Crippen LogP contribution in [0.2, 0.25) is 0 Å². The SMILES string of the molecule is COc1ccc(F)cc1N(C=O)Cc1ccc(-c2nn(C3CN(C(=O)[C@H]4C[C@@H]4F)C3)c(N)c2C(N)=O)cc1. The van der Waals surface area contributed by atoms with Crippen LogP contribution in [-0.2, 0) is 16.1 Å². The molecule has 2 fully saturated rings. The molecule has 12 heteroatoms. The first-order valence-corrected chi connectivity index (χ1v) is 12.0. The highest BCUT2D eigenvalue weighted by Crippen LogP contribution is 2.39. The number of aromatic nitrogens is 2. The Balaban J connectivity index is 1.35. The molecule has 3 aromatic rings. The number of nitrogens with zero attached hydrogens (tertiary/aromatic N) is 4. The number of nitrogens with two attached hydrogens (primary N) is 2. The lowest BCUT2D eigenvalue weighted by Crippen LogP contribution is -2.52. The van der Waals surface area contributed by atoms with E-state index in [0.29, 0.717) is 30.8 Å². The molecular formula is C26H26F2N6O4. The van der Waals surface area contributed by atoms with Gasteiger partial charge < -0.3 is 26.0 Å². The Hall–Kier alpha value is -4.48. The number of likely N-dealkylation sites (tertiary alicyclic amines) is 1. The van der Waals surface area contributed by atoms with Gasteiger partial charge in [-0.15, -0.1) is 0 Å². The summed E-state index contributed by atoms with van der Waals surface area (Å²) in [4.78, 5) is 39.1. The first-order chi connectivity index (χ1) is 18.2. The molecule has 1 aliphatic carbocycles. The fourth-order valence-electron chi connectivity index (χ4n) is 4.65. The third-order valence-corrected chi connectivity index (χ3v) is 6.90. The first kappa shape index (κ1) is 25.2. The molecule has 1 saturated heterocycles. The van der Waals surface area contributed by atoms with Crippen molar-refractivity contribution in [1.82, 2.24) is 14.7 Å². The van der Waals surface area contributed by atoms with E-state index in [0.717, 1.165) is 5.56 Å². The molecule has 4 N–H and O–H groups in total. The van der Waals surface area contributed by atoms with Crippen LogP contribution >= 0.6 is 0 Å². The standard InChI is InChI=1S/C26H26F2N6O4/c1-38-21-7-6-16(27)8-20(21)33(13-35)10-14-2-4-15(5-3-14)23-22(25(30)36)24(29)34(31-23)17-11-32(12-17)26(37)18-9-19(18)28/h2-8,13,17-19H,9-12,29H2,1H3,(H2,30,36)/t18-,19-/m0/s1. The molecule has 38 heavy (non-hydrogen) atoms. The van der Waals surface area contributed by atoms with Gasteiger partial charge in [0, 0.05) is 24.7 Å². The maximum atomic E-state index is 13.8. The first-order valence-electron chi connectivity index (χ1n) is 12.0. The highest BCUT2D eigenvalue weighted by atomic mass is 19.1. The molecule has 10 nitrogen and oxygen atoms in total. The van der Waals surface area contributed by atoms with Gasteiger partial charge in [0.05, 0.1) is 31.3 Å². The zero-order chi connectivity index (χ0) is 27.1. The van der Waals surface area contributed by atoms with E-state index < -0.39 is 23.8 Å². The minimum Gasteiger partial charge on any atom is -0.495 e. The molecule has 0 unspecified atom stereocenters. The fraction of sp³-hybridized carbons (Fsp3) is 0.308. The summed E-state index contributed by atoms with van der Waals surface area (Å²) >= 11 is 0. The third-order valence-electron chi connectivity index (χ3n) is 6.90. The molecule has 2 aromatic carbocycles. The molecule has 198 valence electrons. The van der Waals surface area contributed by atoms with Crippen molar-refractivity contribution in [1.29, 1.82) is 0 Å². The number of hydrogen-bond donors (Lipinski definition) is 2. The largest absolute Gasteiger partial charge is 0.495 e. The normalized spacial score (nSPS) is 18.6. The number of ether oxygens (including phenoxy) is 1. The second-order valence-corrected chi connectivity index (χ2v) is 9.42. The zero-order valence-electron chi connectivity index (χ0n) is 20.5. The van der Waals surface area contributed by atoms with Gasteiger partial charge in [0.15, 0.2) is 0 Å². The molecule has 0 radical (unpaired) electrons. The number of methoxy groups -OCH3 is 1. The van der Waals surface area contributed by atoms with Crippen molar-refractivity contribution in [3.63, 3.8) is 0 Å². The molecule has 1 aliphatic heterocycles. The number of rotatable bonds is 9. The Morgan fingerprint density at radius 2 is 1.89 bits per heavy atom. The van der Waals surface area contributed by atoms with E-state index in [1.54, 1.807) is 29.2 Å². The van der Waals surface area contributed by atoms with E-state index in [9.17, 15) is 23.2 Å². The summed E-state index contributed by atoms with van der Waals surface area (Å²) in [5.74, 6) is -1.59. The molecule has 2 heterocycles. The van der Waals surface area contributed by atoms with Crippen molar-refractivity contribution in [3.05, 3.63) is 59.4 Å². The maximum absolute atomic E-state index is 13.8. The smallest absolute Gasteiger partial charge is 0.254 e. The second-order valence-electron chi connectivity index (χ2n) is 9.42. The fourth-order valence-corrected chi connectivity index (χ4v) is 4.65. The average Bonchev–Trinajstić information content (AvgIpc) is 3.51. The summed E-state index contributed by atoms with van der Waals surface area (Å²) in [6.07, 6.45) is -0.222. The number of hydrogen-bond acceptors (Lipinski definition) is 6. The lowest BCUT2D eigenvalue weighted by atomic mass is 10.0. The quantitative estimate of drug-likeness (QED) is 0.412. The van der Waals surface area contributed by atoms with Gasteiger partial charge in [0.1, 0.15) is 34.8 Å². The highest BCUT2D eigenvalue weighted by Gasteiger charge is 2.48. The Bertz CT molecular complexity index is 1400. The predicted molar refractivity (Wildman–Crippen MR) is 134 cm³/mol. The van der Waals surface area contributed by atoms with E-state index in [1.165, 1.54) is 34.9 Å². The number of nitrogen functional groups attached to an aromatic ring is 1. The Morgan fingerprint density at radius 3 is 2.47 bits per heavy atom. The van der Waals surface area contributed by atoms with Gasteiger partial charge in [-0.05, 0) is 24.1 Å². The summed E-state index contributed by atoms with van der Waals surface area (Å²) in [7, 11) is 1.43. The number of benzene rings is 2. The van der Waals surface area contributed by atoms with E-state index >= 15 is 0 Å². The summed E-state index contributed by atoms with van der Waals surface area (Å²) in [5.41, 5.74) is 13.8. The Labute approximate surface area is 216 Å². The number of halogens is 2. The van der Waals surface area contributed by atoms with E-state index in [1.807, 2.05) is 0 Å². The molecule has 2 atom stereocenters. The van der Waals surface area contributed by atoms with Gasteiger partial charge >= 0.3 is 0 Å². The number of carbonyl (C=O) groups excluding carboxylic acids is 3. The van der Waals surface area contributed by atoms with E-state index in [-0.39, 0.29) is 47.7 Å². The summed E-state index contributed by atoms with van der Waals surface area (Å²) in [5, 5.41) is 4.53. The van der Waals surface area contributed by atoms with Crippen LogP contribution in [0, 0.1) is 11.7 Å². The number of alkyl halides is 1. The van der Waals surface area contributed by atoms with Gasteiger partial charge in [-0.3, -0.25) is 14.4 Å². The zero-order valence-corrected chi connectivity index (χ0v) is 20.5. The third kappa shape index (κ3) is 4.53. The molecule has 2 aliphatic rings. The van der Waals surface area contributed by atoms with Crippen molar-refractivity contribution in [2.45, 2.75) is 25.2 Å². The van der Waals surface area contributed by atoms with Crippen LogP contribution in [0.5, 0.6) is 5.75 Å². The molecular weight excluding hydrogens is 498 g/mol. The Kier molecular flexibility index (Phi) is 6.47. The Morgan fingerprint density at radius 1 is 1.21 bits per heavy atom. The highest BCUT2D eigenvalue weighted by molar-refractivity contribution is 6.03. The lowest BCUT2D eigenvalue weighted by molar-refractivity contribution is -0.139. The number of amides is 3. The number of anilines is 2. The number of primary amides is 1. The summed E-state index contributed by atoms with van der Waals surface area (Å²) in [6.45, 7) is 0.765. The molecule has 3 amide bonds. The molecule has 5 rings (SSSR count). The summed E-state index contributed by atoms with van der Waals surface area (Å²) < 4.78 is 33.8. The molecule has 1 aromatic heterocycles. The van der Waals surface area contributed by atoms with Crippen molar-refractivity contribution < 1.29 is 27.9 Å². The van der Waals surface area contributed by atoms with Crippen LogP contribution in [0.4, 0.5) is 20.3 Å². The average molecular weight is 525 g/mol. The topological polar surface area (TPSA) is 137 Å². The van der Waals surface area contributed by atoms with Gasteiger partial charge in [-0.1, -0.05) is 24.3 Å². The van der Waals surface area contributed by atoms with Crippen molar-refractivity contribution >= 4 is 29.7 Å². The van der Waals surface area contributed by atoms with Crippen molar-refractivity contribution in [3.8, 4) is 17.0 Å². The van der Waals surface area contributed by atoms with Crippen LogP contribution in [-0.4, -0.2) is 59.3 Å². The van der Waals surface area contributed by atoms with E-state index in [4.69, 9.17) is 16.2 Å². The van der Waals surface area contributed by atoms with Crippen LogP contribution in [0.25, 0.3) is 11.3 Å². The van der Waals surface area contributed by atoms with Gasteiger partial charge in [-0.2, -0.15) is 5.10 Å². The molecule has 0 bridgehead atoms. The van der Waals surface area contributed by atoms with Gasteiger partial charge in [-0.25, -0.2) is 13.5 Å². The van der Waals surface area contributed by atoms with Crippen LogP contribution < -0.4 is 21.1 Å². The maximum Gasteiger partial charge on any atom is 0.254 e. The minimum atomic E-state index is -1.07. The molecule has 1 saturated carbocycles. The van der Waals surface area contributed by atoms with Crippen molar-refractivity contribution in [2.24, 2.45) is 11.7 Å². The predicted octanol–water partition coefficient (Wildman–Crippen LogP) is 2.28. The van der Waals surface area contributed by atoms with E-state index in [2.05, 4.69) is 5.10 Å². The monoisotopic (exact) mass is 524 g/mol.